The van der Waals surface area contributed by atoms with Crippen molar-refractivity contribution in [3.63, 3.8) is 0 Å². The van der Waals surface area contributed by atoms with Crippen molar-refractivity contribution >= 4 is 17.6 Å². The summed E-state index contributed by atoms with van der Waals surface area (Å²) in [5.74, 6) is -1.49. The van der Waals surface area contributed by atoms with Crippen LogP contribution in [0.25, 0.3) is 0 Å². The van der Waals surface area contributed by atoms with Crippen LogP contribution in [0.3, 0.4) is 0 Å². The van der Waals surface area contributed by atoms with Crippen LogP contribution in [0.5, 0.6) is 0 Å². The fraction of sp³-hybridized carbons (Fsp3) is 0.0769. The minimum atomic E-state index is -1.15. The molecule has 0 atom stereocenters. The van der Waals surface area contributed by atoms with Gasteiger partial charge in [-0.3, -0.25) is 9.78 Å². The third-order valence-electron chi connectivity index (χ3n) is 2.37. The van der Waals surface area contributed by atoms with Gasteiger partial charge >= 0.3 is 5.97 Å². The predicted molar refractivity (Wildman–Crippen MR) is 68.1 cm³/mol. The molecule has 0 bridgehead atoms. The number of carbonyl (C=O) groups excluding carboxylic acids is 1. The van der Waals surface area contributed by atoms with Gasteiger partial charge in [-0.15, -0.1) is 0 Å². The van der Waals surface area contributed by atoms with E-state index in [0.29, 0.717) is 11.3 Å². The number of nitrogens with one attached hydrogen (secondary N) is 1. The lowest BCUT2D eigenvalue weighted by molar-refractivity contribution is 0.0690. The summed E-state index contributed by atoms with van der Waals surface area (Å²) in [5.41, 5.74) is 1.53. The van der Waals surface area contributed by atoms with Crippen LogP contribution >= 0.6 is 0 Å². The minimum Gasteiger partial charge on any atom is -0.477 e. The van der Waals surface area contributed by atoms with Crippen LogP contribution in [0.2, 0.25) is 0 Å². The maximum atomic E-state index is 11.9. The standard InChI is InChI=1S/C13H11N3O3/c1-8-4-9(7-14-6-8)12(17)16-10-2-3-15-11(5-10)13(18)19/h2-7H,1H3,(H,18,19)(H,15,16,17). The monoisotopic (exact) mass is 257 g/mol. The van der Waals surface area contributed by atoms with E-state index in [4.69, 9.17) is 5.11 Å². The molecule has 0 aliphatic carbocycles. The van der Waals surface area contributed by atoms with E-state index in [1.54, 1.807) is 12.3 Å². The first-order chi connectivity index (χ1) is 9.06. The lowest BCUT2D eigenvalue weighted by Crippen LogP contribution is -2.13. The number of carboxylic acids is 1. The molecule has 0 radical (unpaired) electrons. The molecule has 0 aliphatic heterocycles. The van der Waals surface area contributed by atoms with Gasteiger partial charge in [0, 0.05) is 24.3 Å². The van der Waals surface area contributed by atoms with Crippen molar-refractivity contribution in [1.82, 2.24) is 9.97 Å². The van der Waals surface area contributed by atoms with Crippen molar-refractivity contribution in [3.8, 4) is 0 Å². The first-order valence-corrected chi connectivity index (χ1v) is 5.48. The Hall–Kier alpha value is -2.76. The number of carbonyl (C=O) groups is 2. The van der Waals surface area contributed by atoms with Crippen LogP contribution in [0.4, 0.5) is 5.69 Å². The van der Waals surface area contributed by atoms with E-state index in [1.807, 2.05) is 6.92 Å². The van der Waals surface area contributed by atoms with Crippen LogP contribution in [-0.2, 0) is 0 Å². The quantitative estimate of drug-likeness (QED) is 0.873. The van der Waals surface area contributed by atoms with E-state index in [9.17, 15) is 9.59 Å². The number of amides is 1. The molecule has 0 unspecified atom stereocenters. The van der Waals surface area contributed by atoms with Gasteiger partial charge in [-0.25, -0.2) is 9.78 Å². The third kappa shape index (κ3) is 3.12. The van der Waals surface area contributed by atoms with Crippen LogP contribution in [0.15, 0.2) is 36.8 Å². The summed E-state index contributed by atoms with van der Waals surface area (Å²) in [6.07, 6.45) is 4.42. The number of hydrogen-bond acceptors (Lipinski definition) is 4. The number of aromatic nitrogens is 2. The fourth-order valence-corrected chi connectivity index (χ4v) is 1.51. The maximum Gasteiger partial charge on any atom is 0.354 e. The largest absolute Gasteiger partial charge is 0.477 e. The summed E-state index contributed by atoms with van der Waals surface area (Å²) < 4.78 is 0. The molecule has 2 aromatic rings. The Morgan fingerprint density at radius 3 is 2.74 bits per heavy atom. The molecule has 0 fully saturated rings. The number of pyridine rings is 2. The molecule has 0 aromatic carbocycles. The van der Waals surface area contributed by atoms with Crippen molar-refractivity contribution in [2.24, 2.45) is 0 Å². The summed E-state index contributed by atoms with van der Waals surface area (Å²) in [5, 5.41) is 11.4. The van der Waals surface area contributed by atoms with Gasteiger partial charge in [-0.2, -0.15) is 0 Å². The number of anilines is 1. The van der Waals surface area contributed by atoms with E-state index in [1.165, 1.54) is 24.5 Å². The Bertz CT molecular complexity index is 641. The molecule has 2 rings (SSSR count). The second-order valence-electron chi connectivity index (χ2n) is 3.94. The average Bonchev–Trinajstić information content (AvgIpc) is 2.39. The number of rotatable bonds is 3. The molecule has 0 saturated carbocycles. The Morgan fingerprint density at radius 1 is 1.26 bits per heavy atom. The van der Waals surface area contributed by atoms with Gasteiger partial charge in [0.1, 0.15) is 5.69 Å². The zero-order valence-electron chi connectivity index (χ0n) is 10.1. The summed E-state index contributed by atoms with van der Waals surface area (Å²) in [7, 11) is 0. The molecule has 1 amide bonds. The molecule has 2 aromatic heterocycles. The van der Waals surface area contributed by atoms with E-state index in [0.717, 1.165) is 5.56 Å². The van der Waals surface area contributed by atoms with Gasteiger partial charge in [-0.05, 0) is 30.7 Å². The molecular weight excluding hydrogens is 246 g/mol. The Kier molecular flexibility index (Phi) is 3.51. The Labute approximate surface area is 109 Å². The zero-order chi connectivity index (χ0) is 13.8. The lowest BCUT2D eigenvalue weighted by Gasteiger charge is -2.05. The second-order valence-corrected chi connectivity index (χ2v) is 3.94. The molecule has 6 nitrogen and oxygen atoms in total. The van der Waals surface area contributed by atoms with Crippen LogP contribution in [0, 0.1) is 6.92 Å². The van der Waals surface area contributed by atoms with E-state index in [2.05, 4.69) is 15.3 Å². The first kappa shape index (κ1) is 12.7. The highest BCUT2D eigenvalue weighted by molar-refractivity contribution is 6.04. The molecule has 6 heteroatoms. The maximum absolute atomic E-state index is 11.9. The number of carboxylic acid groups (broad SMARTS) is 1. The summed E-state index contributed by atoms with van der Waals surface area (Å²) in [4.78, 5) is 30.3. The summed E-state index contributed by atoms with van der Waals surface area (Å²) in [6, 6.07) is 4.51. The summed E-state index contributed by atoms with van der Waals surface area (Å²) >= 11 is 0. The van der Waals surface area contributed by atoms with Crippen LogP contribution < -0.4 is 5.32 Å². The highest BCUT2D eigenvalue weighted by Gasteiger charge is 2.09. The van der Waals surface area contributed by atoms with E-state index >= 15 is 0 Å². The molecule has 96 valence electrons. The van der Waals surface area contributed by atoms with Gasteiger partial charge < -0.3 is 10.4 Å². The number of hydrogen-bond donors (Lipinski definition) is 2. The minimum absolute atomic E-state index is 0.125. The SMILES string of the molecule is Cc1cncc(C(=O)Nc2ccnc(C(=O)O)c2)c1. The second kappa shape index (κ2) is 5.26. The van der Waals surface area contributed by atoms with E-state index < -0.39 is 5.97 Å². The molecule has 2 N–H and O–H groups in total. The lowest BCUT2D eigenvalue weighted by atomic mass is 10.2. The number of aryl methyl sites for hydroxylation is 1. The van der Waals surface area contributed by atoms with Crippen molar-refractivity contribution in [2.75, 3.05) is 5.32 Å². The Morgan fingerprint density at radius 2 is 2.05 bits per heavy atom. The average molecular weight is 257 g/mol. The molecular formula is C13H11N3O3. The molecule has 0 aliphatic rings. The molecule has 19 heavy (non-hydrogen) atoms. The number of aromatic carboxylic acids is 1. The van der Waals surface area contributed by atoms with Gasteiger partial charge in [0.2, 0.25) is 0 Å². The smallest absolute Gasteiger partial charge is 0.354 e. The van der Waals surface area contributed by atoms with Gasteiger partial charge in [0.25, 0.3) is 5.91 Å². The van der Waals surface area contributed by atoms with Crippen molar-refractivity contribution < 1.29 is 14.7 Å². The highest BCUT2D eigenvalue weighted by atomic mass is 16.4. The molecule has 0 spiro atoms. The first-order valence-electron chi connectivity index (χ1n) is 5.48. The number of nitrogens with zero attached hydrogens (tertiary/aromatic N) is 2. The van der Waals surface area contributed by atoms with Crippen LogP contribution in [-0.4, -0.2) is 27.0 Å². The van der Waals surface area contributed by atoms with Crippen molar-refractivity contribution in [2.45, 2.75) is 6.92 Å². The fourth-order valence-electron chi connectivity index (χ4n) is 1.51. The van der Waals surface area contributed by atoms with Crippen molar-refractivity contribution in [3.05, 3.63) is 53.6 Å². The van der Waals surface area contributed by atoms with E-state index in [-0.39, 0.29) is 11.6 Å². The molecule has 2 heterocycles. The Balaban J connectivity index is 2.19. The van der Waals surface area contributed by atoms with Gasteiger partial charge in [0.15, 0.2) is 0 Å². The normalized spacial score (nSPS) is 9.95. The van der Waals surface area contributed by atoms with Crippen LogP contribution in [0.1, 0.15) is 26.4 Å². The molecule has 0 saturated heterocycles. The van der Waals surface area contributed by atoms with Crippen molar-refractivity contribution in [1.29, 1.82) is 0 Å². The summed E-state index contributed by atoms with van der Waals surface area (Å²) in [6.45, 7) is 1.83. The van der Waals surface area contributed by atoms with Gasteiger partial charge in [0.05, 0.1) is 5.56 Å². The zero-order valence-corrected chi connectivity index (χ0v) is 10.1. The predicted octanol–water partition coefficient (Wildman–Crippen LogP) is 1.74. The highest BCUT2D eigenvalue weighted by Crippen LogP contribution is 2.10. The topological polar surface area (TPSA) is 92.2 Å². The van der Waals surface area contributed by atoms with Gasteiger partial charge in [-0.1, -0.05) is 0 Å². The third-order valence-corrected chi connectivity index (χ3v) is 2.37.